The first-order chi connectivity index (χ1) is 5.50. The van der Waals surface area contributed by atoms with Crippen molar-refractivity contribution in [2.24, 2.45) is 11.8 Å². The molecule has 0 aliphatic rings. The van der Waals surface area contributed by atoms with Crippen LogP contribution in [0.15, 0.2) is 12.2 Å². The molecule has 3 nitrogen and oxygen atoms in total. The van der Waals surface area contributed by atoms with Gasteiger partial charge in [-0.2, -0.15) is 0 Å². The summed E-state index contributed by atoms with van der Waals surface area (Å²) in [6.45, 7) is 7.85. The highest BCUT2D eigenvalue weighted by atomic mass is 16.5. The highest BCUT2D eigenvalue weighted by Gasteiger charge is 2.21. The molecule has 0 fully saturated rings. The molecule has 0 aromatic rings. The number of hydrogen-bond donors (Lipinski definition) is 1. The molecule has 12 heavy (non-hydrogen) atoms. The van der Waals surface area contributed by atoms with Gasteiger partial charge in [0.2, 0.25) is 0 Å². The molecule has 0 saturated heterocycles. The molecule has 0 aliphatic carbocycles. The summed E-state index contributed by atoms with van der Waals surface area (Å²) in [5.41, 5.74) is 0.229. The van der Waals surface area contributed by atoms with Crippen molar-refractivity contribution >= 4 is 5.97 Å². The van der Waals surface area contributed by atoms with E-state index >= 15 is 0 Å². The van der Waals surface area contributed by atoms with E-state index < -0.39 is 5.97 Å². The summed E-state index contributed by atoms with van der Waals surface area (Å²) in [6, 6.07) is 0. The molecule has 0 bridgehead atoms. The summed E-state index contributed by atoms with van der Waals surface area (Å²) >= 11 is 0. The van der Waals surface area contributed by atoms with Gasteiger partial charge in [-0.25, -0.2) is 4.79 Å². The van der Waals surface area contributed by atoms with Crippen molar-refractivity contribution in [3.63, 3.8) is 0 Å². The average molecular weight is 172 g/mol. The van der Waals surface area contributed by atoms with E-state index in [4.69, 9.17) is 9.84 Å². The third-order valence-electron chi connectivity index (χ3n) is 1.87. The highest BCUT2D eigenvalue weighted by Crippen LogP contribution is 2.19. The predicted octanol–water partition coefficient (Wildman–Crippen LogP) is 1.55. The number of rotatable bonds is 5. The Balaban J connectivity index is 4.29. The second-order valence-corrected chi connectivity index (χ2v) is 3.14. The largest absolute Gasteiger partial charge is 0.478 e. The predicted molar refractivity (Wildman–Crippen MR) is 47.0 cm³/mol. The van der Waals surface area contributed by atoms with Crippen molar-refractivity contribution in [1.82, 2.24) is 0 Å². The van der Waals surface area contributed by atoms with E-state index in [1.807, 2.05) is 13.8 Å². The number of ether oxygens (including phenoxy) is 1. The van der Waals surface area contributed by atoms with E-state index in [-0.39, 0.29) is 17.4 Å². The number of aliphatic carboxylic acids is 1. The van der Waals surface area contributed by atoms with Crippen molar-refractivity contribution in [2.75, 3.05) is 13.7 Å². The fraction of sp³-hybridized carbons (Fsp3) is 0.667. The molecule has 0 radical (unpaired) electrons. The van der Waals surface area contributed by atoms with Gasteiger partial charge in [0.25, 0.3) is 0 Å². The molecule has 1 atom stereocenters. The molecule has 1 N–H and O–H groups in total. The van der Waals surface area contributed by atoms with Crippen LogP contribution in [0.4, 0.5) is 0 Å². The monoisotopic (exact) mass is 172 g/mol. The number of hydrogen-bond acceptors (Lipinski definition) is 2. The van der Waals surface area contributed by atoms with Crippen molar-refractivity contribution in [2.45, 2.75) is 13.8 Å². The van der Waals surface area contributed by atoms with Crippen LogP contribution < -0.4 is 0 Å². The van der Waals surface area contributed by atoms with Crippen molar-refractivity contribution < 1.29 is 14.6 Å². The third kappa shape index (κ3) is 3.05. The average Bonchev–Trinajstić information content (AvgIpc) is 1.98. The Morgan fingerprint density at radius 3 is 2.33 bits per heavy atom. The lowest BCUT2D eigenvalue weighted by molar-refractivity contribution is -0.133. The van der Waals surface area contributed by atoms with E-state index in [1.165, 1.54) is 0 Å². The first-order valence-electron chi connectivity index (χ1n) is 3.91. The summed E-state index contributed by atoms with van der Waals surface area (Å²) in [5, 5.41) is 8.67. The second kappa shape index (κ2) is 4.93. The van der Waals surface area contributed by atoms with Crippen molar-refractivity contribution in [1.29, 1.82) is 0 Å². The molecule has 0 aliphatic heterocycles. The molecule has 0 spiro atoms. The molecule has 0 aromatic carbocycles. The molecular formula is C9H16O3. The smallest absolute Gasteiger partial charge is 0.331 e. The zero-order valence-corrected chi connectivity index (χ0v) is 7.83. The first-order valence-corrected chi connectivity index (χ1v) is 3.91. The Kier molecular flexibility index (Phi) is 4.59. The van der Waals surface area contributed by atoms with Crippen LogP contribution in [0, 0.1) is 11.8 Å². The Labute approximate surface area is 73.0 Å². The molecule has 3 heteroatoms. The van der Waals surface area contributed by atoms with Gasteiger partial charge in [0.15, 0.2) is 0 Å². The minimum atomic E-state index is -0.939. The molecule has 0 unspecified atom stereocenters. The van der Waals surface area contributed by atoms with E-state index in [9.17, 15) is 4.79 Å². The molecule has 0 amide bonds. The van der Waals surface area contributed by atoms with Crippen LogP contribution in [0.5, 0.6) is 0 Å². The van der Waals surface area contributed by atoms with Gasteiger partial charge in [-0.3, -0.25) is 0 Å². The topological polar surface area (TPSA) is 46.5 Å². The summed E-state index contributed by atoms with van der Waals surface area (Å²) in [4.78, 5) is 10.6. The molecule has 0 heterocycles. The standard InChI is InChI=1S/C9H16O3/c1-6(2)8(5-12-4)7(3)9(10)11/h6,8H,3,5H2,1-2,4H3,(H,10,11)/t8-/m0/s1. The normalized spacial score (nSPS) is 13.0. The van der Waals surface area contributed by atoms with E-state index in [1.54, 1.807) is 7.11 Å². The zero-order valence-electron chi connectivity index (χ0n) is 7.83. The van der Waals surface area contributed by atoms with Crippen LogP contribution in [0.1, 0.15) is 13.8 Å². The van der Waals surface area contributed by atoms with E-state index in [0.717, 1.165) is 0 Å². The van der Waals surface area contributed by atoms with Gasteiger partial charge in [-0.05, 0) is 5.92 Å². The summed E-state index contributed by atoms with van der Waals surface area (Å²) < 4.78 is 4.91. The number of carboxylic acid groups (broad SMARTS) is 1. The minimum absolute atomic E-state index is 0.0903. The maximum Gasteiger partial charge on any atom is 0.331 e. The highest BCUT2D eigenvalue weighted by molar-refractivity contribution is 5.86. The van der Waals surface area contributed by atoms with Crippen LogP contribution in [0.2, 0.25) is 0 Å². The maximum absolute atomic E-state index is 10.6. The number of carboxylic acids is 1. The van der Waals surface area contributed by atoms with Crippen LogP contribution in [-0.4, -0.2) is 24.8 Å². The van der Waals surface area contributed by atoms with E-state index in [0.29, 0.717) is 6.61 Å². The lowest BCUT2D eigenvalue weighted by atomic mass is 9.90. The molecule has 0 aromatic heterocycles. The molecule has 0 rings (SSSR count). The molecular weight excluding hydrogens is 156 g/mol. The van der Waals surface area contributed by atoms with Crippen LogP contribution in [0.3, 0.4) is 0 Å². The third-order valence-corrected chi connectivity index (χ3v) is 1.87. The van der Waals surface area contributed by atoms with E-state index in [2.05, 4.69) is 6.58 Å². The Morgan fingerprint density at radius 1 is 1.58 bits per heavy atom. The molecule has 0 saturated carbocycles. The van der Waals surface area contributed by atoms with Gasteiger partial charge < -0.3 is 9.84 Å². The maximum atomic E-state index is 10.6. The summed E-state index contributed by atoms with van der Waals surface area (Å²) in [7, 11) is 1.56. The first kappa shape index (κ1) is 11.2. The van der Waals surface area contributed by atoms with Gasteiger partial charge in [0, 0.05) is 18.6 Å². The summed E-state index contributed by atoms with van der Waals surface area (Å²) in [5.74, 6) is -0.785. The van der Waals surface area contributed by atoms with Crippen LogP contribution in [0.25, 0.3) is 0 Å². The SMILES string of the molecule is C=C(C(=O)O)[C@@H](COC)C(C)C. The Bertz CT molecular complexity index is 173. The quantitative estimate of drug-likeness (QED) is 0.640. The Morgan fingerprint density at radius 2 is 2.08 bits per heavy atom. The zero-order chi connectivity index (χ0) is 9.72. The fourth-order valence-electron chi connectivity index (χ4n) is 1.03. The van der Waals surface area contributed by atoms with Gasteiger partial charge in [0.05, 0.1) is 6.61 Å². The second-order valence-electron chi connectivity index (χ2n) is 3.14. The van der Waals surface area contributed by atoms with Crippen molar-refractivity contribution in [3.8, 4) is 0 Å². The van der Waals surface area contributed by atoms with Gasteiger partial charge in [-0.15, -0.1) is 0 Å². The fourth-order valence-corrected chi connectivity index (χ4v) is 1.03. The van der Waals surface area contributed by atoms with Crippen LogP contribution >= 0.6 is 0 Å². The lowest BCUT2D eigenvalue weighted by Gasteiger charge is -2.19. The van der Waals surface area contributed by atoms with Gasteiger partial charge >= 0.3 is 5.97 Å². The lowest BCUT2D eigenvalue weighted by Crippen LogP contribution is -2.21. The van der Waals surface area contributed by atoms with Gasteiger partial charge in [-0.1, -0.05) is 20.4 Å². The van der Waals surface area contributed by atoms with Crippen molar-refractivity contribution in [3.05, 3.63) is 12.2 Å². The molecule has 70 valence electrons. The van der Waals surface area contributed by atoms with Crippen LogP contribution in [-0.2, 0) is 9.53 Å². The summed E-state index contributed by atoms with van der Waals surface area (Å²) in [6.07, 6.45) is 0. The Hall–Kier alpha value is -0.830. The van der Waals surface area contributed by atoms with Gasteiger partial charge in [0.1, 0.15) is 0 Å². The number of carbonyl (C=O) groups is 1. The minimum Gasteiger partial charge on any atom is -0.478 e. The number of methoxy groups -OCH3 is 1.